The van der Waals surface area contributed by atoms with E-state index in [1.54, 1.807) is 0 Å². The molecule has 94 valence electrons. The first-order valence-corrected chi connectivity index (χ1v) is 7.43. The zero-order valence-corrected chi connectivity index (χ0v) is 13.8. The zero-order chi connectivity index (χ0) is 12.7. The van der Waals surface area contributed by atoms with Crippen LogP contribution in [-0.4, -0.2) is 39.9 Å². The number of aliphatic imine (C=N–C) groups is 1. The van der Waals surface area contributed by atoms with Crippen LogP contribution < -0.4 is 0 Å². The third kappa shape index (κ3) is 6.13. The lowest BCUT2D eigenvalue weighted by atomic mass is 10.2. The van der Waals surface area contributed by atoms with Gasteiger partial charge in [0.2, 0.25) is 0 Å². The Morgan fingerprint density at radius 1 is 1.50 bits per heavy atom. The Morgan fingerprint density at radius 2 is 2.06 bits per heavy atom. The molecule has 0 spiro atoms. The quantitative estimate of drug-likeness (QED) is 0.321. The van der Waals surface area contributed by atoms with Gasteiger partial charge in [0.15, 0.2) is 0 Å². The Hall–Kier alpha value is 0.290. The predicted octanol–water partition coefficient (Wildman–Crippen LogP) is 3.42. The van der Waals surface area contributed by atoms with Gasteiger partial charge in [-0.3, -0.25) is 4.99 Å². The highest BCUT2D eigenvalue weighted by molar-refractivity contribution is 14.1. The molecule has 0 fully saturated rings. The second-order valence-corrected chi connectivity index (χ2v) is 6.87. The monoisotopic (exact) mass is 354 g/mol. The molecule has 16 heavy (non-hydrogen) atoms. The molecule has 2 atom stereocenters. The second-order valence-electron chi connectivity index (χ2n) is 3.97. The van der Waals surface area contributed by atoms with Crippen LogP contribution in [0, 0.1) is 0 Å². The fraction of sp³-hybridized carbons (Fsp3) is 0.750. The molecule has 0 aromatic heterocycles. The van der Waals surface area contributed by atoms with Gasteiger partial charge in [-0.25, -0.2) is 0 Å². The van der Waals surface area contributed by atoms with Gasteiger partial charge >= 0.3 is 0 Å². The van der Waals surface area contributed by atoms with Crippen molar-refractivity contribution >= 4 is 40.9 Å². The standard InChI is InChI=1S/C12H23IN2S/c1-6-14-12(11(4)16)10(3)15(5)8-7-9(2)13/h9,11,16H,3,6-8H2,1-2,4-5H3. The average molecular weight is 354 g/mol. The first-order valence-electron chi connectivity index (χ1n) is 5.67. The highest BCUT2D eigenvalue weighted by Gasteiger charge is 2.13. The summed E-state index contributed by atoms with van der Waals surface area (Å²) in [5, 5.41) is 0.145. The van der Waals surface area contributed by atoms with Crippen LogP contribution >= 0.6 is 35.2 Å². The van der Waals surface area contributed by atoms with Gasteiger partial charge in [0, 0.05) is 29.3 Å². The molecule has 0 aromatic carbocycles. The summed E-state index contributed by atoms with van der Waals surface area (Å²) in [6.07, 6.45) is 1.16. The SMILES string of the molecule is C=C(C(=NCC)C(C)S)N(C)CCC(C)I. The average Bonchev–Trinajstić information content (AvgIpc) is 2.20. The Balaban J connectivity index is 4.44. The number of thiol groups is 1. The van der Waals surface area contributed by atoms with Crippen molar-refractivity contribution in [1.29, 1.82) is 0 Å². The van der Waals surface area contributed by atoms with Gasteiger partial charge in [-0.1, -0.05) is 36.1 Å². The second kappa shape index (κ2) is 8.39. The number of rotatable bonds is 7. The molecule has 0 amide bonds. The summed E-state index contributed by atoms with van der Waals surface area (Å²) in [5.41, 5.74) is 2.01. The molecule has 2 unspecified atom stereocenters. The van der Waals surface area contributed by atoms with Crippen molar-refractivity contribution in [3.05, 3.63) is 12.3 Å². The van der Waals surface area contributed by atoms with E-state index in [1.165, 1.54) is 0 Å². The molecule has 0 saturated heterocycles. The van der Waals surface area contributed by atoms with Gasteiger partial charge in [0.25, 0.3) is 0 Å². The Kier molecular flexibility index (Phi) is 8.54. The van der Waals surface area contributed by atoms with Crippen molar-refractivity contribution in [3.63, 3.8) is 0 Å². The number of allylic oxidation sites excluding steroid dienone is 1. The van der Waals surface area contributed by atoms with Crippen LogP contribution in [0.3, 0.4) is 0 Å². The first-order chi connectivity index (χ1) is 7.40. The molecule has 0 heterocycles. The van der Waals surface area contributed by atoms with Gasteiger partial charge in [-0.2, -0.15) is 12.6 Å². The number of hydrogen-bond donors (Lipinski definition) is 1. The Labute approximate surface area is 119 Å². The summed E-state index contributed by atoms with van der Waals surface area (Å²) in [5.74, 6) is 0. The van der Waals surface area contributed by atoms with E-state index in [-0.39, 0.29) is 5.25 Å². The summed E-state index contributed by atoms with van der Waals surface area (Å²) in [7, 11) is 2.07. The predicted molar refractivity (Wildman–Crippen MR) is 86.3 cm³/mol. The van der Waals surface area contributed by atoms with Crippen LogP contribution in [0.5, 0.6) is 0 Å². The Morgan fingerprint density at radius 3 is 2.44 bits per heavy atom. The van der Waals surface area contributed by atoms with Gasteiger partial charge in [-0.15, -0.1) is 0 Å². The van der Waals surface area contributed by atoms with E-state index in [2.05, 4.69) is 65.7 Å². The molecule has 4 heteroatoms. The fourth-order valence-corrected chi connectivity index (χ4v) is 1.85. The smallest absolute Gasteiger partial charge is 0.0699 e. The lowest BCUT2D eigenvalue weighted by Gasteiger charge is -2.25. The number of alkyl halides is 1. The maximum absolute atomic E-state index is 4.47. The molecule has 0 bridgehead atoms. The minimum absolute atomic E-state index is 0.145. The van der Waals surface area contributed by atoms with Crippen LogP contribution in [0.2, 0.25) is 0 Å². The molecule has 2 nitrogen and oxygen atoms in total. The lowest BCUT2D eigenvalue weighted by Crippen LogP contribution is -2.28. The van der Waals surface area contributed by atoms with Crippen LogP contribution in [-0.2, 0) is 0 Å². The minimum atomic E-state index is 0.145. The maximum Gasteiger partial charge on any atom is 0.0699 e. The van der Waals surface area contributed by atoms with Gasteiger partial charge in [0.1, 0.15) is 0 Å². The van der Waals surface area contributed by atoms with E-state index in [9.17, 15) is 0 Å². The van der Waals surface area contributed by atoms with Crippen LogP contribution in [0.4, 0.5) is 0 Å². The molecular formula is C12H23IN2S. The van der Waals surface area contributed by atoms with Crippen molar-refractivity contribution in [3.8, 4) is 0 Å². The summed E-state index contributed by atoms with van der Waals surface area (Å²) in [6.45, 7) is 12.2. The van der Waals surface area contributed by atoms with Crippen molar-refractivity contribution in [1.82, 2.24) is 4.90 Å². The van der Waals surface area contributed by atoms with Crippen LogP contribution in [0.25, 0.3) is 0 Å². The summed E-state index contributed by atoms with van der Waals surface area (Å²) in [6, 6.07) is 0. The van der Waals surface area contributed by atoms with Crippen molar-refractivity contribution in [2.24, 2.45) is 4.99 Å². The van der Waals surface area contributed by atoms with Crippen molar-refractivity contribution < 1.29 is 0 Å². The normalized spacial score (nSPS) is 15.8. The molecule has 0 aliphatic heterocycles. The molecular weight excluding hydrogens is 331 g/mol. The van der Waals surface area contributed by atoms with Gasteiger partial charge in [-0.05, 0) is 20.3 Å². The molecule has 0 saturated carbocycles. The largest absolute Gasteiger partial charge is 0.374 e. The third-order valence-electron chi connectivity index (χ3n) is 2.34. The van der Waals surface area contributed by atoms with E-state index in [0.29, 0.717) is 3.92 Å². The third-order valence-corrected chi connectivity index (χ3v) is 3.21. The number of nitrogens with zero attached hydrogens (tertiary/aromatic N) is 2. The zero-order valence-electron chi connectivity index (χ0n) is 10.7. The molecule has 0 N–H and O–H groups in total. The molecule has 0 aliphatic rings. The highest BCUT2D eigenvalue weighted by atomic mass is 127. The van der Waals surface area contributed by atoms with E-state index < -0.39 is 0 Å². The van der Waals surface area contributed by atoms with Crippen LogP contribution in [0.1, 0.15) is 27.2 Å². The van der Waals surface area contributed by atoms with Gasteiger partial charge < -0.3 is 4.90 Å². The summed E-state index contributed by atoms with van der Waals surface area (Å²) >= 11 is 6.89. The number of halogens is 1. The van der Waals surface area contributed by atoms with E-state index in [0.717, 1.165) is 30.9 Å². The lowest BCUT2D eigenvalue weighted by molar-refractivity contribution is 0.429. The molecule has 0 radical (unpaired) electrons. The van der Waals surface area contributed by atoms with E-state index in [4.69, 9.17) is 0 Å². The van der Waals surface area contributed by atoms with E-state index >= 15 is 0 Å². The minimum Gasteiger partial charge on any atom is -0.374 e. The summed E-state index contributed by atoms with van der Waals surface area (Å²) < 4.78 is 0.688. The van der Waals surface area contributed by atoms with E-state index in [1.807, 2.05) is 13.8 Å². The van der Waals surface area contributed by atoms with Crippen molar-refractivity contribution in [2.45, 2.75) is 36.4 Å². The topological polar surface area (TPSA) is 15.6 Å². The Bertz CT molecular complexity index is 249. The summed E-state index contributed by atoms with van der Waals surface area (Å²) in [4.78, 5) is 6.65. The van der Waals surface area contributed by atoms with Gasteiger partial charge in [0.05, 0.1) is 11.4 Å². The molecule has 0 rings (SSSR count). The maximum atomic E-state index is 4.47. The fourth-order valence-electron chi connectivity index (χ4n) is 1.34. The van der Waals surface area contributed by atoms with Crippen molar-refractivity contribution in [2.75, 3.05) is 20.1 Å². The first kappa shape index (κ1) is 16.3. The highest BCUT2D eigenvalue weighted by Crippen LogP contribution is 2.12. The van der Waals surface area contributed by atoms with Crippen LogP contribution in [0.15, 0.2) is 17.3 Å². The number of hydrogen-bond acceptors (Lipinski definition) is 3. The molecule has 0 aromatic rings. The molecule has 0 aliphatic carbocycles.